The zero-order valence-electron chi connectivity index (χ0n) is 16.0. The van der Waals surface area contributed by atoms with Crippen LogP contribution in [-0.2, 0) is 9.47 Å². The highest BCUT2D eigenvalue weighted by atomic mass is 19.1. The standard InChI is InChI=1S/C22H28F2O3/c1-3-4-9-27-18-8-7-14-10-16(6-5-15(14)11-18)21-19(23)12-17(13-20(21)24)22(25)26-2/h3-4,12-16,18H,5-11H2,1-2H3/b4-3+. The highest BCUT2D eigenvalue weighted by Crippen LogP contribution is 2.47. The second-order valence-electron chi connectivity index (χ2n) is 7.71. The normalized spacial score (nSPS) is 28.1. The topological polar surface area (TPSA) is 35.5 Å². The molecule has 148 valence electrons. The molecule has 0 spiro atoms. The van der Waals surface area contributed by atoms with Gasteiger partial charge < -0.3 is 9.47 Å². The molecule has 3 nitrogen and oxygen atoms in total. The number of halogens is 2. The number of carbonyl (C=O) groups excluding carboxylic acids is 1. The molecule has 0 bridgehead atoms. The van der Waals surface area contributed by atoms with E-state index in [4.69, 9.17) is 4.74 Å². The largest absolute Gasteiger partial charge is 0.465 e. The number of hydrogen-bond donors (Lipinski definition) is 0. The van der Waals surface area contributed by atoms with Crippen LogP contribution >= 0.6 is 0 Å². The number of hydrogen-bond acceptors (Lipinski definition) is 3. The van der Waals surface area contributed by atoms with Crippen molar-refractivity contribution < 1.29 is 23.0 Å². The molecule has 5 heteroatoms. The summed E-state index contributed by atoms with van der Waals surface area (Å²) in [5, 5.41) is 0. The summed E-state index contributed by atoms with van der Waals surface area (Å²) in [6.07, 6.45) is 9.95. The molecule has 0 amide bonds. The summed E-state index contributed by atoms with van der Waals surface area (Å²) < 4.78 is 39.6. The Morgan fingerprint density at radius 2 is 1.78 bits per heavy atom. The Kier molecular flexibility index (Phi) is 6.64. The first-order chi connectivity index (χ1) is 13.0. The minimum atomic E-state index is -0.723. The van der Waals surface area contributed by atoms with Gasteiger partial charge in [-0.15, -0.1) is 0 Å². The van der Waals surface area contributed by atoms with Gasteiger partial charge in [-0.05, 0) is 75.3 Å². The predicted octanol–water partition coefficient (Wildman–Crippen LogP) is 5.40. The van der Waals surface area contributed by atoms with E-state index in [-0.39, 0.29) is 17.0 Å². The van der Waals surface area contributed by atoms with Gasteiger partial charge in [0.05, 0.1) is 25.4 Å². The van der Waals surface area contributed by atoms with Crippen LogP contribution in [0.1, 0.15) is 67.3 Å². The third-order valence-corrected chi connectivity index (χ3v) is 6.14. The summed E-state index contributed by atoms with van der Waals surface area (Å²) in [6, 6.07) is 2.20. The fourth-order valence-electron chi connectivity index (χ4n) is 4.76. The van der Waals surface area contributed by atoms with E-state index in [0.29, 0.717) is 24.5 Å². The molecule has 27 heavy (non-hydrogen) atoms. The van der Waals surface area contributed by atoms with Crippen molar-refractivity contribution in [3.63, 3.8) is 0 Å². The van der Waals surface area contributed by atoms with E-state index in [1.807, 2.05) is 19.1 Å². The monoisotopic (exact) mass is 378 g/mol. The molecule has 0 heterocycles. The van der Waals surface area contributed by atoms with Crippen LogP contribution < -0.4 is 0 Å². The molecule has 0 radical (unpaired) electrons. The van der Waals surface area contributed by atoms with E-state index < -0.39 is 17.6 Å². The predicted molar refractivity (Wildman–Crippen MR) is 99.7 cm³/mol. The second-order valence-corrected chi connectivity index (χ2v) is 7.71. The maximum atomic E-state index is 14.6. The van der Waals surface area contributed by atoms with Gasteiger partial charge in [0.15, 0.2) is 0 Å². The number of methoxy groups -OCH3 is 1. The summed E-state index contributed by atoms with van der Waals surface area (Å²) in [4.78, 5) is 11.5. The molecule has 2 aliphatic rings. The SMILES string of the molecule is C/C=C/COC1CCC2CC(c3c(F)cc(C(=O)OC)cc3F)CCC2C1. The average molecular weight is 378 g/mol. The second kappa shape index (κ2) is 8.96. The van der Waals surface area contributed by atoms with Crippen molar-refractivity contribution in [3.05, 3.63) is 47.0 Å². The van der Waals surface area contributed by atoms with Gasteiger partial charge in [-0.25, -0.2) is 13.6 Å². The number of esters is 1. The molecule has 1 aromatic rings. The zero-order chi connectivity index (χ0) is 19.4. The minimum Gasteiger partial charge on any atom is -0.465 e. The summed E-state index contributed by atoms with van der Waals surface area (Å²) >= 11 is 0. The summed E-state index contributed by atoms with van der Waals surface area (Å²) in [7, 11) is 1.20. The first kappa shape index (κ1) is 20.0. The Bertz CT molecular complexity index is 678. The van der Waals surface area contributed by atoms with Crippen LogP contribution in [0.15, 0.2) is 24.3 Å². The van der Waals surface area contributed by atoms with Crippen LogP contribution in [-0.4, -0.2) is 25.8 Å². The van der Waals surface area contributed by atoms with Gasteiger partial charge in [-0.3, -0.25) is 0 Å². The van der Waals surface area contributed by atoms with Gasteiger partial charge in [0, 0.05) is 5.56 Å². The summed E-state index contributed by atoms with van der Waals surface area (Å²) in [5.41, 5.74) is 0.0521. The van der Waals surface area contributed by atoms with E-state index in [1.165, 1.54) is 7.11 Å². The molecular formula is C22H28F2O3. The van der Waals surface area contributed by atoms with Crippen molar-refractivity contribution in [2.24, 2.45) is 11.8 Å². The van der Waals surface area contributed by atoms with E-state index in [1.54, 1.807) is 0 Å². The van der Waals surface area contributed by atoms with Crippen LogP contribution in [0.25, 0.3) is 0 Å². The molecule has 3 rings (SSSR count). The molecule has 1 aromatic carbocycles. The van der Waals surface area contributed by atoms with Gasteiger partial charge in [-0.1, -0.05) is 12.2 Å². The zero-order valence-corrected chi connectivity index (χ0v) is 16.0. The molecule has 0 aliphatic heterocycles. The first-order valence-electron chi connectivity index (χ1n) is 9.83. The number of carbonyl (C=O) groups is 1. The Balaban J connectivity index is 1.66. The Hall–Kier alpha value is -1.75. The first-order valence-corrected chi connectivity index (χ1v) is 9.83. The third-order valence-electron chi connectivity index (χ3n) is 6.14. The molecular weight excluding hydrogens is 350 g/mol. The average Bonchev–Trinajstić information content (AvgIpc) is 2.67. The smallest absolute Gasteiger partial charge is 0.338 e. The molecule has 2 saturated carbocycles. The molecule has 4 atom stereocenters. The van der Waals surface area contributed by atoms with Crippen molar-refractivity contribution >= 4 is 5.97 Å². The molecule has 0 N–H and O–H groups in total. The summed E-state index contributed by atoms with van der Waals surface area (Å²) in [5.74, 6) is -1.06. The van der Waals surface area contributed by atoms with Crippen molar-refractivity contribution in [3.8, 4) is 0 Å². The van der Waals surface area contributed by atoms with Crippen molar-refractivity contribution in [1.82, 2.24) is 0 Å². The van der Waals surface area contributed by atoms with E-state index in [9.17, 15) is 13.6 Å². The van der Waals surface area contributed by atoms with Gasteiger partial charge in [-0.2, -0.15) is 0 Å². The number of rotatable bonds is 5. The quantitative estimate of drug-likeness (QED) is 0.509. The van der Waals surface area contributed by atoms with Gasteiger partial charge >= 0.3 is 5.97 Å². The Labute approximate surface area is 159 Å². The fourth-order valence-corrected chi connectivity index (χ4v) is 4.76. The number of benzene rings is 1. The number of ether oxygens (including phenoxy) is 2. The third kappa shape index (κ3) is 4.57. The Morgan fingerprint density at radius 1 is 1.11 bits per heavy atom. The molecule has 0 aromatic heterocycles. The minimum absolute atomic E-state index is 0.0799. The number of allylic oxidation sites excluding steroid dienone is 1. The lowest BCUT2D eigenvalue weighted by molar-refractivity contribution is -0.00350. The molecule has 0 saturated heterocycles. The molecule has 2 aliphatic carbocycles. The number of fused-ring (bicyclic) bond motifs is 1. The molecule has 4 unspecified atom stereocenters. The van der Waals surface area contributed by atoms with Crippen molar-refractivity contribution in [1.29, 1.82) is 0 Å². The lowest BCUT2D eigenvalue weighted by atomic mass is 9.65. The van der Waals surface area contributed by atoms with E-state index in [2.05, 4.69) is 4.74 Å². The van der Waals surface area contributed by atoms with Gasteiger partial charge in [0.1, 0.15) is 11.6 Å². The maximum absolute atomic E-state index is 14.6. The van der Waals surface area contributed by atoms with Crippen molar-refractivity contribution in [2.45, 2.75) is 57.5 Å². The van der Waals surface area contributed by atoms with Crippen LogP contribution in [0.2, 0.25) is 0 Å². The van der Waals surface area contributed by atoms with Crippen LogP contribution in [0.5, 0.6) is 0 Å². The lowest BCUT2D eigenvalue weighted by Crippen LogP contribution is -2.34. The Morgan fingerprint density at radius 3 is 2.44 bits per heavy atom. The maximum Gasteiger partial charge on any atom is 0.338 e. The van der Waals surface area contributed by atoms with Crippen LogP contribution in [0.3, 0.4) is 0 Å². The van der Waals surface area contributed by atoms with Gasteiger partial charge in [0.25, 0.3) is 0 Å². The van der Waals surface area contributed by atoms with Crippen LogP contribution in [0.4, 0.5) is 8.78 Å². The highest BCUT2D eigenvalue weighted by molar-refractivity contribution is 5.89. The van der Waals surface area contributed by atoms with Gasteiger partial charge in [0.2, 0.25) is 0 Å². The van der Waals surface area contributed by atoms with Crippen LogP contribution in [0, 0.1) is 23.5 Å². The van der Waals surface area contributed by atoms with E-state index >= 15 is 0 Å². The van der Waals surface area contributed by atoms with Crippen molar-refractivity contribution in [2.75, 3.05) is 13.7 Å². The summed E-state index contributed by atoms with van der Waals surface area (Å²) in [6.45, 7) is 2.64. The molecule has 2 fully saturated rings. The highest BCUT2D eigenvalue weighted by Gasteiger charge is 2.38. The van der Waals surface area contributed by atoms with E-state index in [0.717, 1.165) is 50.7 Å². The fraction of sp³-hybridized carbons (Fsp3) is 0.591. The lowest BCUT2D eigenvalue weighted by Gasteiger charge is -2.42.